The van der Waals surface area contributed by atoms with Gasteiger partial charge in [0, 0.05) is 45.1 Å². The fourth-order valence-corrected chi connectivity index (χ4v) is 2.85. The molecule has 1 aromatic rings. The van der Waals surface area contributed by atoms with E-state index in [0.717, 1.165) is 45.0 Å². The summed E-state index contributed by atoms with van der Waals surface area (Å²) in [7, 11) is 3.59. The first-order valence-electron chi connectivity index (χ1n) is 7.11. The number of nitrogens with zero attached hydrogens (tertiary/aromatic N) is 3. The molecule has 2 aliphatic rings. The van der Waals surface area contributed by atoms with E-state index in [1.54, 1.807) is 19.0 Å². The maximum absolute atomic E-state index is 12.1. The Bertz CT molecular complexity index is 510. The number of carbonyl (C=O) groups excluding carboxylic acids is 1. The summed E-state index contributed by atoms with van der Waals surface area (Å²) in [6.45, 7) is 4.25. The van der Waals surface area contributed by atoms with Crippen molar-refractivity contribution in [1.29, 1.82) is 0 Å². The van der Waals surface area contributed by atoms with Crippen molar-refractivity contribution in [2.24, 2.45) is 0 Å². The van der Waals surface area contributed by atoms with Crippen molar-refractivity contribution in [3.05, 3.63) is 23.8 Å². The third kappa shape index (κ3) is 2.33. The maximum Gasteiger partial charge on any atom is 0.323 e. The largest absolute Gasteiger partial charge is 0.378 e. The molecule has 0 aromatic heterocycles. The van der Waals surface area contributed by atoms with E-state index in [9.17, 15) is 4.79 Å². The summed E-state index contributed by atoms with van der Waals surface area (Å²) >= 11 is 0. The van der Waals surface area contributed by atoms with E-state index in [1.807, 2.05) is 4.90 Å². The molecule has 108 valence electrons. The monoisotopic (exact) mass is 275 g/mol. The van der Waals surface area contributed by atoms with Crippen LogP contribution in [0.25, 0.3) is 0 Å². The quantitative estimate of drug-likeness (QED) is 0.780. The summed E-state index contributed by atoms with van der Waals surface area (Å²) in [5, 5.41) is 0. The minimum absolute atomic E-state index is 0.0582. The van der Waals surface area contributed by atoms with Crippen LogP contribution in [0.5, 0.6) is 0 Å². The van der Waals surface area contributed by atoms with Gasteiger partial charge in [-0.05, 0) is 30.2 Å². The number of hydrogen-bond acceptors (Lipinski definition) is 3. The minimum Gasteiger partial charge on any atom is -0.378 e. The van der Waals surface area contributed by atoms with Gasteiger partial charge in [-0.3, -0.25) is 4.90 Å². The average Bonchev–Trinajstić information content (AvgIpc) is 2.90. The van der Waals surface area contributed by atoms with Gasteiger partial charge in [0.1, 0.15) is 0 Å². The lowest BCUT2D eigenvalue weighted by Crippen LogP contribution is -2.38. The molecule has 2 heterocycles. The molecule has 0 N–H and O–H groups in total. The fraction of sp³-hybridized carbons (Fsp3) is 0.533. The smallest absolute Gasteiger partial charge is 0.323 e. The Morgan fingerprint density at radius 3 is 2.65 bits per heavy atom. The lowest BCUT2D eigenvalue weighted by Gasteiger charge is -2.29. The highest BCUT2D eigenvalue weighted by Gasteiger charge is 2.26. The number of benzene rings is 1. The molecule has 5 nitrogen and oxygen atoms in total. The van der Waals surface area contributed by atoms with E-state index in [0.29, 0.717) is 0 Å². The molecular weight excluding hydrogens is 254 g/mol. The van der Waals surface area contributed by atoms with Gasteiger partial charge < -0.3 is 14.5 Å². The first-order chi connectivity index (χ1) is 9.66. The molecular formula is C15H21N3O2. The van der Waals surface area contributed by atoms with Crippen molar-refractivity contribution in [2.45, 2.75) is 6.42 Å². The van der Waals surface area contributed by atoms with Crippen molar-refractivity contribution in [3.8, 4) is 0 Å². The molecule has 5 heteroatoms. The molecule has 3 rings (SSSR count). The molecule has 0 bridgehead atoms. The number of ether oxygens (including phenoxy) is 1. The predicted molar refractivity (Wildman–Crippen MR) is 79.6 cm³/mol. The van der Waals surface area contributed by atoms with Gasteiger partial charge in [-0.2, -0.15) is 0 Å². The Morgan fingerprint density at radius 2 is 1.95 bits per heavy atom. The minimum atomic E-state index is 0.0582. The number of amides is 2. The van der Waals surface area contributed by atoms with Crippen molar-refractivity contribution in [3.63, 3.8) is 0 Å². The normalized spacial score (nSPS) is 18.1. The Balaban J connectivity index is 1.82. The van der Waals surface area contributed by atoms with E-state index in [2.05, 4.69) is 23.1 Å². The van der Waals surface area contributed by atoms with E-state index >= 15 is 0 Å². The number of urea groups is 1. The lowest BCUT2D eigenvalue weighted by atomic mass is 10.1. The average molecular weight is 275 g/mol. The maximum atomic E-state index is 12.1. The van der Waals surface area contributed by atoms with Crippen molar-refractivity contribution in [1.82, 2.24) is 4.90 Å². The van der Waals surface area contributed by atoms with Gasteiger partial charge in [0.2, 0.25) is 0 Å². The Morgan fingerprint density at radius 1 is 1.20 bits per heavy atom. The van der Waals surface area contributed by atoms with Gasteiger partial charge in [0.25, 0.3) is 0 Å². The van der Waals surface area contributed by atoms with Crippen LogP contribution in [0, 0.1) is 0 Å². The molecule has 1 fully saturated rings. The molecule has 0 aliphatic carbocycles. The third-order valence-electron chi connectivity index (χ3n) is 3.95. The molecule has 0 saturated carbocycles. The summed E-state index contributed by atoms with van der Waals surface area (Å²) in [6, 6.07) is 6.48. The summed E-state index contributed by atoms with van der Waals surface area (Å²) in [4.78, 5) is 18.0. The summed E-state index contributed by atoms with van der Waals surface area (Å²) in [6.07, 6.45) is 0.938. The molecule has 2 aliphatic heterocycles. The second-order valence-corrected chi connectivity index (χ2v) is 5.49. The zero-order valence-electron chi connectivity index (χ0n) is 12.1. The second-order valence-electron chi connectivity index (χ2n) is 5.49. The molecule has 2 amide bonds. The Hall–Kier alpha value is -1.75. The number of rotatable bonds is 1. The number of anilines is 2. The standard InChI is InChI=1S/C15H21N3O2/c1-16(2)15(19)18-6-5-12-11-13(3-4-14(12)18)17-7-9-20-10-8-17/h3-4,11H,5-10H2,1-2H3. The summed E-state index contributed by atoms with van der Waals surface area (Å²) in [5.41, 5.74) is 3.57. The fourth-order valence-electron chi connectivity index (χ4n) is 2.85. The van der Waals surface area contributed by atoms with Crippen LogP contribution in [-0.2, 0) is 11.2 Å². The first-order valence-corrected chi connectivity index (χ1v) is 7.11. The zero-order valence-corrected chi connectivity index (χ0v) is 12.1. The van der Waals surface area contributed by atoms with Gasteiger partial charge in [0.05, 0.1) is 13.2 Å². The van der Waals surface area contributed by atoms with E-state index in [-0.39, 0.29) is 6.03 Å². The molecule has 0 atom stereocenters. The Kier molecular flexibility index (Phi) is 3.53. The highest BCUT2D eigenvalue weighted by Crippen LogP contribution is 2.32. The number of fused-ring (bicyclic) bond motifs is 1. The molecule has 0 unspecified atom stereocenters. The van der Waals surface area contributed by atoms with Gasteiger partial charge in [-0.25, -0.2) is 4.79 Å². The van der Waals surface area contributed by atoms with Crippen molar-refractivity contribution >= 4 is 17.4 Å². The van der Waals surface area contributed by atoms with Crippen molar-refractivity contribution in [2.75, 3.05) is 56.7 Å². The van der Waals surface area contributed by atoms with Crippen LogP contribution in [0.2, 0.25) is 0 Å². The van der Waals surface area contributed by atoms with Gasteiger partial charge in [0.15, 0.2) is 0 Å². The predicted octanol–water partition coefficient (Wildman–Crippen LogP) is 1.57. The van der Waals surface area contributed by atoms with Gasteiger partial charge in [-0.15, -0.1) is 0 Å². The number of carbonyl (C=O) groups is 1. The Labute approximate surface area is 119 Å². The molecule has 20 heavy (non-hydrogen) atoms. The second kappa shape index (κ2) is 5.32. The zero-order chi connectivity index (χ0) is 14.1. The van der Waals surface area contributed by atoms with Crippen LogP contribution in [0.15, 0.2) is 18.2 Å². The first kappa shape index (κ1) is 13.2. The SMILES string of the molecule is CN(C)C(=O)N1CCc2cc(N3CCOCC3)ccc21. The van der Waals surface area contributed by atoms with Crippen LogP contribution in [0.3, 0.4) is 0 Å². The van der Waals surface area contributed by atoms with Crippen LogP contribution < -0.4 is 9.80 Å². The van der Waals surface area contributed by atoms with E-state index in [4.69, 9.17) is 4.74 Å². The van der Waals surface area contributed by atoms with Gasteiger partial charge >= 0.3 is 6.03 Å². The highest BCUT2D eigenvalue weighted by molar-refractivity contribution is 5.94. The lowest BCUT2D eigenvalue weighted by molar-refractivity contribution is 0.122. The van der Waals surface area contributed by atoms with E-state index in [1.165, 1.54) is 11.3 Å². The summed E-state index contributed by atoms with van der Waals surface area (Å²) in [5.74, 6) is 0. The highest BCUT2D eigenvalue weighted by atomic mass is 16.5. The van der Waals surface area contributed by atoms with Crippen molar-refractivity contribution < 1.29 is 9.53 Å². The topological polar surface area (TPSA) is 36.0 Å². The molecule has 0 radical (unpaired) electrons. The molecule has 1 aromatic carbocycles. The third-order valence-corrected chi connectivity index (χ3v) is 3.95. The van der Waals surface area contributed by atoms with Crippen LogP contribution in [-0.4, -0.2) is 57.9 Å². The van der Waals surface area contributed by atoms with Crippen LogP contribution in [0.1, 0.15) is 5.56 Å². The molecule has 1 saturated heterocycles. The summed E-state index contributed by atoms with van der Waals surface area (Å²) < 4.78 is 5.39. The van der Waals surface area contributed by atoms with Crippen LogP contribution >= 0.6 is 0 Å². The van der Waals surface area contributed by atoms with Gasteiger partial charge in [-0.1, -0.05) is 0 Å². The number of morpholine rings is 1. The molecule has 0 spiro atoms. The van der Waals surface area contributed by atoms with E-state index < -0.39 is 0 Å². The van der Waals surface area contributed by atoms with Crippen LogP contribution in [0.4, 0.5) is 16.2 Å². The number of hydrogen-bond donors (Lipinski definition) is 0.